The summed E-state index contributed by atoms with van der Waals surface area (Å²) in [5.74, 6) is 1.06. The number of carbonyl (C=O) groups is 1. The third-order valence-electron chi connectivity index (χ3n) is 4.27. The van der Waals surface area contributed by atoms with Crippen LogP contribution in [0.25, 0.3) is 22.2 Å². The van der Waals surface area contributed by atoms with E-state index in [0.29, 0.717) is 33.7 Å². The third-order valence-corrected chi connectivity index (χ3v) is 5.02. The van der Waals surface area contributed by atoms with Gasteiger partial charge in [-0.3, -0.25) is 10.3 Å². The van der Waals surface area contributed by atoms with Crippen molar-refractivity contribution in [1.82, 2.24) is 25.1 Å². The van der Waals surface area contributed by atoms with Crippen LogP contribution in [0, 0.1) is 0 Å². The lowest BCUT2D eigenvalue weighted by Gasteiger charge is -2.16. The van der Waals surface area contributed by atoms with Gasteiger partial charge >= 0.3 is 6.09 Å². The van der Waals surface area contributed by atoms with Gasteiger partial charge in [-0.2, -0.15) is 10.1 Å². The molecule has 2 aromatic heterocycles. The van der Waals surface area contributed by atoms with E-state index in [-0.39, 0.29) is 21.7 Å². The zero-order valence-electron chi connectivity index (χ0n) is 16.1. The zero-order valence-corrected chi connectivity index (χ0v) is 17.7. The molecule has 2 heterocycles. The number of anilines is 1. The normalized spacial score (nSPS) is 10.7. The highest BCUT2D eigenvalue weighted by molar-refractivity contribution is 6.41. The Kier molecular flexibility index (Phi) is 5.74. The molecule has 0 saturated heterocycles. The highest BCUT2D eigenvalue weighted by Gasteiger charge is 2.22. The summed E-state index contributed by atoms with van der Waals surface area (Å²) in [4.78, 5) is 24.7. The molecule has 31 heavy (non-hydrogen) atoms. The van der Waals surface area contributed by atoms with Gasteiger partial charge < -0.3 is 14.2 Å². The van der Waals surface area contributed by atoms with E-state index < -0.39 is 6.09 Å². The van der Waals surface area contributed by atoms with Crippen molar-refractivity contribution < 1.29 is 19.0 Å². The Morgan fingerprint density at radius 2 is 1.65 bits per heavy atom. The summed E-state index contributed by atoms with van der Waals surface area (Å²) in [5.41, 5.74) is 1.73. The smallest absolute Gasteiger partial charge is 0.419 e. The van der Waals surface area contributed by atoms with Crippen LogP contribution < -0.4 is 19.5 Å². The maximum Gasteiger partial charge on any atom is 0.419 e. The predicted octanol–water partition coefficient (Wildman–Crippen LogP) is 4.35. The van der Waals surface area contributed by atoms with Crippen molar-refractivity contribution in [2.75, 3.05) is 19.5 Å². The molecule has 0 unspecified atom stereocenters. The van der Waals surface area contributed by atoms with Crippen LogP contribution in [0.1, 0.15) is 0 Å². The fourth-order valence-electron chi connectivity index (χ4n) is 2.93. The van der Waals surface area contributed by atoms with E-state index in [9.17, 15) is 4.79 Å². The fourth-order valence-corrected chi connectivity index (χ4v) is 3.63. The van der Waals surface area contributed by atoms with Crippen LogP contribution in [-0.2, 0) is 0 Å². The summed E-state index contributed by atoms with van der Waals surface area (Å²) in [5, 5.41) is 9.12. The number of hydrogen-bond acceptors (Lipinski definition) is 8. The van der Waals surface area contributed by atoms with E-state index >= 15 is 0 Å². The number of methoxy groups -OCH3 is 2. The first-order valence-corrected chi connectivity index (χ1v) is 9.47. The van der Waals surface area contributed by atoms with Crippen molar-refractivity contribution in [1.29, 1.82) is 0 Å². The highest BCUT2D eigenvalue weighted by atomic mass is 35.5. The molecule has 4 rings (SSSR count). The molecule has 12 heteroatoms. The lowest BCUT2D eigenvalue weighted by molar-refractivity contribution is 0.215. The molecule has 2 aromatic carbocycles. The fraction of sp³-hybridized carbons (Fsp3) is 0.105. The van der Waals surface area contributed by atoms with Crippen molar-refractivity contribution in [3.63, 3.8) is 0 Å². The third kappa shape index (κ3) is 3.90. The van der Waals surface area contributed by atoms with Gasteiger partial charge in [-0.25, -0.2) is 14.9 Å². The number of carbonyl (C=O) groups excluding carboxylic acids is 1. The van der Waals surface area contributed by atoms with Crippen molar-refractivity contribution in [2.45, 2.75) is 0 Å². The summed E-state index contributed by atoms with van der Waals surface area (Å²) < 4.78 is 16.1. The van der Waals surface area contributed by atoms with E-state index in [1.54, 1.807) is 18.2 Å². The van der Waals surface area contributed by atoms with E-state index in [4.69, 9.17) is 37.4 Å². The van der Waals surface area contributed by atoms with Gasteiger partial charge in [-0.1, -0.05) is 23.2 Å². The Morgan fingerprint density at radius 1 is 0.968 bits per heavy atom. The van der Waals surface area contributed by atoms with Gasteiger partial charge in [0, 0.05) is 29.6 Å². The average molecular weight is 461 g/mol. The summed E-state index contributed by atoms with van der Waals surface area (Å²) >= 11 is 13.1. The highest BCUT2D eigenvalue weighted by Crippen LogP contribution is 2.47. The number of ether oxygens (including phenoxy) is 3. The van der Waals surface area contributed by atoms with Crippen molar-refractivity contribution >= 4 is 46.3 Å². The van der Waals surface area contributed by atoms with Gasteiger partial charge in [0.25, 0.3) is 0 Å². The Labute approximate surface area is 185 Å². The number of benzene rings is 2. The topological polar surface area (TPSA) is 124 Å². The maximum atomic E-state index is 12.2. The minimum atomic E-state index is -0.782. The number of aromatic amines is 1. The van der Waals surface area contributed by atoms with Crippen LogP contribution in [0.4, 0.5) is 10.7 Å². The lowest BCUT2D eigenvalue weighted by Crippen LogP contribution is -2.18. The zero-order chi connectivity index (χ0) is 22.0. The molecule has 0 bridgehead atoms. The average Bonchev–Trinajstić information content (AvgIpc) is 3.28. The number of nitrogens with one attached hydrogen (secondary N) is 2. The van der Waals surface area contributed by atoms with E-state index in [2.05, 4.69) is 30.5 Å². The minimum absolute atomic E-state index is 0.138. The van der Waals surface area contributed by atoms with Gasteiger partial charge in [0.15, 0.2) is 5.75 Å². The Morgan fingerprint density at radius 3 is 2.26 bits per heavy atom. The molecule has 0 atom stereocenters. The molecular weight excluding hydrogens is 447 g/mol. The van der Waals surface area contributed by atoms with Gasteiger partial charge in [-0.05, 0) is 12.1 Å². The number of nitrogens with zero attached hydrogens (tertiary/aromatic N) is 4. The molecule has 158 valence electrons. The maximum absolute atomic E-state index is 12.2. The molecule has 2 N–H and O–H groups in total. The monoisotopic (exact) mass is 460 g/mol. The van der Waals surface area contributed by atoms with Gasteiger partial charge in [0.1, 0.15) is 28.9 Å². The first-order chi connectivity index (χ1) is 15.0. The number of hydrogen-bond donors (Lipinski definition) is 2. The molecule has 10 nitrogen and oxygen atoms in total. The van der Waals surface area contributed by atoms with Gasteiger partial charge in [-0.15, -0.1) is 0 Å². The van der Waals surface area contributed by atoms with E-state index in [1.165, 1.54) is 32.9 Å². The molecule has 0 aliphatic rings. The quantitative estimate of drug-likeness (QED) is 0.450. The SMILES string of the molecule is COc1cc(OC)c(Cl)c(-c2ccc(OC(=O)Nc3ncn[nH]3)c3nccnc23)c1Cl. The number of aromatic nitrogens is 5. The van der Waals surface area contributed by atoms with Crippen LogP contribution in [0.5, 0.6) is 17.2 Å². The van der Waals surface area contributed by atoms with Gasteiger partial charge in [0.2, 0.25) is 5.95 Å². The minimum Gasteiger partial charge on any atom is -0.495 e. The molecule has 0 aliphatic carbocycles. The molecule has 0 aliphatic heterocycles. The van der Waals surface area contributed by atoms with Crippen LogP contribution in [0.15, 0.2) is 36.9 Å². The second-order valence-corrected chi connectivity index (χ2v) is 6.75. The Balaban J connectivity index is 1.82. The molecule has 0 spiro atoms. The number of rotatable bonds is 5. The van der Waals surface area contributed by atoms with E-state index in [0.717, 1.165) is 0 Å². The molecule has 0 saturated carbocycles. The molecule has 4 aromatic rings. The second-order valence-electron chi connectivity index (χ2n) is 6.00. The number of amides is 1. The molecule has 1 amide bonds. The van der Waals surface area contributed by atoms with Crippen LogP contribution in [0.2, 0.25) is 10.0 Å². The Hall–Kier alpha value is -3.63. The van der Waals surface area contributed by atoms with Crippen LogP contribution in [0.3, 0.4) is 0 Å². The summed E-state index contributed by atoms with van der Waals surface area (Å²) in [6.45, 7) is 0. The first kappa shape index (κ1) is 20.6. The van der Waals surface area contributed by atoms with Crippen molar-refractivity contribution in [3.05, 3.63) is 47.0 Å². The Bertz CT molecular complexity index is 1240. The largest absolute Gasteiger partial charge is 0.495 e. The summed E-state index contributed by atoms with van der Waals surface area (Å²) in [7, 11) is 2.97. The summed E-state index contributed by atoms with van der Waals surface area (Å²) in [6, 6.07) is 4.82. The van der Waals surface area contributed by atoms with Gasteiger partial charge in [0.05, 0.1) is 24.3 Å². The molecule has 0 radical (unpaired) electrons. The van der Waals surface area contributed by atoms with E-state index in [1.807, 2.05) is 0 Å². The van der Waals surface area contributed by atoms with Crippen LogP contribution >= 0.6 is 23.2 Å². The molecular formula is C19H14Cl2N6O4. The standard InChI is InChI=1S/C19H14Cl2N6O4/c1-29-11-7-12(30-2)15(21)13(14(11)20)9-3-4-10(17-16(9)22-5-6-23-17)31-19(28)26-18-24-8-25-27-18/h3-8H,1-2H3,(H2,24,25,26,27,28). The predicted molar refractivity (Wildman–Crippen MR) is 114 cm³/mol. The summed E-state index contributed by atoms with van der Waals surface area (Å²) in [6.07, 6.45) is 3.45. The molecule has 0 fully saturated rings. The first-order valence-electron chi connectivity index (χ1n) is 8.71. The van der Waals surface area contributed by atoms with Crippen molar-refractivity contribution in [2.24, 2.45) is 0 Å². The number of fused-ring (bicyclic) bond motifs is 1. The van der Waals surface area contributed by atoms with Crippen LogP contribution in [-0.4, -0.2) is 45.5 Å². The van der Waals surface area contributed by atoms with Crippen molar-refractivity contribution in [3.8, 4) is 28.4 Å². The number of H-pyrrole nitrogens is 1. The number of halogens is 2. The second kappa shape index (κ2) is 8.62. The lowest BCUT2D eigenvalue weighted by atomic mass is 10.0.